The maximum atomic E-state index is 13.6. The maximum absolute atomic E-state index is 13.6. The summed E-state index contributed by atoms with van der Waals surface area (Å²) in [6.07, 6.45) is -0.804. The average Bonchev–Trinajstić information content (AvgIpc) is 2.95. The minimum atomic E-state index is -0.991. The third-order valence-electron chi connectivity index (χ3n) is 4.48. The Kier molecular flexibility index (Phi) is 9.15. The van der Waals surface area contributed by atoms with Gasteiger partial charge in [0.05, 0.1) is 6.04 Å². The summed E-state index contributed by atoms with van der Waals surface area (Å²) in [6, 6.07) is 15.3. The van der Waals surface area contributed by atoms with E-state index in [0.717, 1.165) is 16.9 Å². The number of amides is 1. The van der Waals surface area contributed by atoms with Gasteiger partial charge in [0.1, 0.15) is 18.5 Å². The number of alkyl halides is 1. The molecular formula is C20H27FN2O2S2. The van der Waals surface area contributed by atoms with Gasteiger partial charge < -0.3 is 10.5 Å². The van der Waals surface area contributed by atoms with Crippen LogP contribution in [0.3, 0.4) is 0 Å². The van der Waals surface area contributed by atoms with Crippen LogP contribution in [0, 0.1) is 6.92 Å². The first-order valence-electron chi connectivity index (χ1n) is 8.46. The van der Waals surface area contributed by atoms with E-state index in [1.807, 2.05) is 36.4 Å². The van der Waals surface area contributed by atoms with E-state index in [1.165, 1.54) is 5.56 Å². The van der Waals surface area contributed by atoms with Gasteiger partial charge in [-0.2, -0.15) is 27.0 Å². The second-order valence-corrected chi connectivity index (χ2v) is 6.60. The Bertz CT molecular complexity index is 743. The molecule has 1 heterocycles. The van der Waals surface area contributed by atoms with Crippen LogP contribution in [0.4, 0.5) is 4.39 Å². The highest BCUT2D eigenvalue weighted by molar-refractivity contribution is 7.59. The van der Waals surface area contributed by atoms with E-state index in [1.54, 1.807) is 4.90 Å². The molecule has 7 heteroatoms. The number of carbonyl (C=O) groups is 1. The summed E-state index contributed by atoms with van der Waals surface area (Å²) < 4.78 is 19.4. The number of nitrogens with two attached hydrogens (primary N) is 1. The van der Waals surface area contributed by atoms with Crippen LogP contribution in [0.1, 0.15) is 23.1 Å². The second-order valence-electron chi connectivity index (χ2n) is 6.60. The molecular weight excluding hydrogens is 383 g/mol. The Morgan fingerprint density at radius 1 is 1.19 bits per heavy atom. The number of nitrogens with zero attached hydrogens (tertiary/aromatic N) is 1. The number of benzene rings is 2. The molecule has 27 heavy (non-hydrogen) atoms. The molecule has 2 N–H and O–H groups in total. The Morgan fingerprint density at radius 3 is 2.52 bits per heavy atom. The van der Waals surface area contributed by atoms with Gasteiger partial charge in [-0.25, -0.2) is 4.39 Å². The monoisotopic (exact) mass is 410 g/mol. The summed E-state index contributed by atoms with van der Waals surface area (Å²) in [4.78, 5) is 13.2. The zero-order chi connectivity index (χ0) is 17.8. The lowest BCUT2D eigenvalue weighted by molar-refractivity contribution is -0.122. The molecule has 0 aromatic heterocycles. The Hall–Kier alpha value is -1.70. The summed E-state index contributed by atoms with van der Waals surface area (Å²) in [5.74, 6) is 0.319. The molecule has 0 aliphatic carbocycles. The van der Waals surface area contributed by atoms with Crippen molar-refractivity contribution in [2.75, 3.05) is 6.54 Å². The zero-order valence-electron chi connectivity index (χ0n) is 15.3. The molecule has 0 spiro atoms. The zero-order valence-corrected chi connectivity index (χ0v) is 17.3. The molecule has 1 aliphatic rings. The molecule has 0 unspecified atom stereocenters. The van der Waals surface area contributed by atoms with Gasteiger partial charge in [0.15, 0.2) is 0 Å². The summed E-state index contributed by atoms with van der Waals surface area (Å²) >= 11 is 0. The predicted octanol–water partition coefficient (Wildman–Crippen LogP) is 3.20. The van der Waals surface area contributed by atoms with Crippen molar-refractivity contribution in [2.24, 2.45) is 5.73 Å². The maximum Gasteiger partial charge on any atom is 0.234 e. The van der Waals surface area contributed by atoms with E-state index in [2.05, 4.69) is 19.1 Å². The number of ether oxygens (including phenoxy) is 1. The van der Waals surface area contributed by atoms with Crippen LogP contribution >= 0.6 is 27.0 Å². The molecule has 2 aromatic carbocycles. The van der Waals surface area contributed by atoms with Crippen LogP contribution < -0.4 is 10.5 Å². The highest BCUT2D eigenvalue weighted by atomic mass is 32.1. The predicted molar refractivity (Wildman–Crippen MR) is 116 cm³/mol. The lowest BCUT2D eigenvalue weighted by atomic mass is 10.1. The lowest BCUT2D eigenvalue weighted by Gasteiger charge is -2.21. The summed E-state index contributed by atoms with van der Waals surface area (Å²) in [5.41, 5.74) is 8.70. The first kappa shape index (κ1) is 23.3. The first-order valence-corrected chi connectivity index (χ1v) is 8.46. The van der Waals surface area contributed by atoms with Crippen LogP contribution in [0.2, 0.25) is 0 Å². The van der Waals surface area contributed by atoms with Gasteiger partial charge in [-0.3, -0.25) is 9.69 Å². The van der Waals surface area contributed by atoms with Crippen molar-refractivity contribution in [2.45, 2.75) is 38.7 Å². The summed E-state index contributed by atoms with van der Waals surface area (Å²) in [7, 11) is 0. The van der Waals surface area contributed by atoms with Crippen LogP contribution in [-0.4, -0.2) is 29.6 Å². The largest absolute Gasteiger partial charge is 0.489 e. The van der Waals surface area contributed by atoms with Crippen LogP contribution in [0.5, 0.6) is 5.75 Å². The minimum Gasteiger partial charge on any atom is -0.489 e. The topological polar surface area (TPSA) is 55.6 Å². The minimum absolute atomic E-state index is 0. The number of likely N-dealkylation sites (tertiary alicyclic amines) is 1. The average molecular weight is 411 g/mol. The fourth-order valence-corrected chi connectivity index (χ4v) is 3.21. The van der Waals surface area contributed by atoms with E-state index in [4.69, 9.17) is 10.5 Å². The van der Waals surface area contributed by atoms with E-state index in [9.17, 15) is 9.18 Å². The van der Waals surface area contributed by atoms with Gasteiger partial charge in [0.2, 0.25) is 5.91 Å². The molecule has 3 rings (SSSR count). The number of hydrogen-bond donors (Lipinski definition) is 1. The van der Waals surface area contributed by atoms with Crippen LogP contribution in [0.15, 0.2) is 48.5 Å². The number of aryl methyl sites for hydroxylation is 1. The van der Waals surface area contributed by atoms with Gasteiger partial charge >= 0.3 is 0 Å². The Balaban J connectivity index is 0.00000182. The molecule has 1 fully saturated rings. The second kappa shape index (κ2) is 10.6. The highest BCUT2D eigenvalue weighted by Crippen LogP contribution is 2.23. The fourth-order valence-electron chi connectivity index (χ4n) is 3.21. The van der Waals surface area contributed by atoms with E-state index >= 15 is 0 Å². The van der Waals surface area contributed by atoms with Gasteiger partial charge in [0, 0.05) is 19.5 Å². The summed E-state index contributed by atoms with van der Waals surface area (Å²) in [5, 5.41) is 0. The summed E-state index contributed by atoms with van der Waals surface area (Å²) in [6.45, 7) is 3.32. The molecule has 4 nitrogen and oxygen atoms in total. The number of carbonyl (C=O) groups excluding carboxylic acids is 1. The smallest absolute Gasteiger partial charge is 0.234 e. The lowest BCUT2D eigenvalue weighted by Crippen LogP contribution is -2.39. The van der Waals surface area contributed by atoms with Crippen molar-refractivity contribution >= 4 is 32.9 Å². The standard InChI is InChI=1S/C20H23FN2O2.2H2S/c1-14-3-2-4-16(9-14)13-25-18-7-5-15(6-8-18)11-23-12-17(21)10-19(23)20(22)24;;/h2-9,17,19H,10-13H2,1H3,(H2,22,24);2*1H2/t17-,19-;;/m0../s1. The molecule has 0 bridgehead atoms. The Morgan fingerprint density at radius 2 is 1.89 bits per heavy atom. The van der Waals surface area contributed by atoms with E-state index in [-0.39, 0.29) is 40.0 Å². The van der Waals surface area contributed by atoms with Crippen molar-refractivity contribution in [1.29, 1.82) is 0 Å². The molecule has 2 aromatic rings. The molecule has 148 valence electrons. The van der Waals surface area contributed by atoms with Crippen LogP contribution in [-0.2, 0) is 17.9 Å². The molecule has 1 aliphatic heterocycles. The third kappa shape index (κ3) is 6.45. The van der Waals surface area contributed by atoms with Gasteiger partial charge in [0.25, 0.3) is 0 Å². The Labute approximate surface area is 173 Å². The molecule has 0 saturated carbocycles. The van der Waals surface area contributed by atoms with Crippen LogP contribution in [0.25, 0.3) is 0 Å². The normalized spacial score (nSPS) is 19.0. The van der Waals surface area contributed by atoms with Gasteiger partial charge in [-0.15, -0.1) is 0 Å². The van der Waals surface area contributed by atoms with Gasteiger partial charge in [-0.1, -0.05) is 42.0 Å². The number of rotatable bonds is 6. The number of hydrogen-bond acceptors (Lipinski definition) is 3. The SMILES string of the molecule is Cc1cccc(COc2ccc(CN3C[C@@H](F)C[C@H]3C(N)=O)cc2)c1.S.S. The molecule has 1 saturated heterocycles. The van der Waals surface area contributed by atoms with Gasteiger partial charge in [-0.05, 0) is 30.2 Å². The fraction of sp³-hybridized carbons (Fsp3) is 0.350. The first-order chi connectivity index (χ1) is 12.0. The van der Waals surface area contributed by atoms with Crippen molar-refractivity contribution in [3.63, 3.8) is 0 Å². The van der Waals surface area contributed by atoms with Crippen molar-refractivity contribution in [1.82, 2.24) is 4.90 Å². The van der Waals surface area contributed by atoms with E-state index in [0.29, 0.717) is 13.2 Å². The molecule has 1 amide bonds. The van der Waals surface area contributed by atoms with Crippen molar-refractivity contribution in [3.05, 3.63) is 65.2 Å². The third-order valence-corrected chi connectivity index (χ3v) is 4.48. The quantitative estimate of drug-likeness (QED) is 0.796. The molecule has 0 radical (unpaired) electrons. The highest BCUT2D eigenvalue weighted by Gasteiger charge is 2.35. The van der Waals surface area contributed by atoms with Crippen molar-refractivity contribution in [3.8, 4) is 5.75 Å². The number of halogens is 1. The number of primary amides is 1. The molecule has 2 atom stereocenters. The van der Waals surface area contributed by atoms with Crippen molar-refractivity contribution < 1.29 is 13.9 Å². The van der Waals surface area contributed by atoms with E-state index < -0.39 is 18.1 Å².